The van der Waals surface area contributed by atoms with Crippen molar-refractivity contribution in [1.82, 2.24) is 10.6 Å². The first-order valence-corrected chi connectivity index (χ1v) is 10.6. The minimum absolute atomic E-state index is 0.270. The number of hydrogen-bond acceptors (Lipinski definition) is 3. The molecule has 7 heteroatoms. The van der Waals surface area contributed by atoms with Gasteiger partial charge in [-0.25, -0.2) is 0 Å². The minimum Gasteiger partial charge on any atom is -0.348 e. The van der Waals surface area contributed by atoms with E-state index in [0.29, 0.717) is 24.5 Å². The van der Waals surface area contributed by atoms with Gasteiger partial charge in [0.2, 0.25) is 0 Å². The Bertz CT molecular complexity index is 1110. The Labute approximate surface area is 192 Å². The minimum atomic E-state index is -0.833. The lowest BCUT2D eigenvalue weighted by Crippen LogP contribution is -2.37. The molecule has 0 saturated heterocycles. The smallest absolute Gasteiger partial charge is 0.313 e. The van der Waals surface area contributed by atoms with Crippen molar-refractivity contribution in [1.29, 1.82) is 0 Å². The van der Waals surface area contributed by atoms with Crippen LogP contribution in [0.25, 0.3) is 0 Å². The third kappa shape index (κ3) is 6.68. The fraction of sp³-hybridized carbons (Fsp3) is 0.160. The number of carbonyl (C=O) groups is 3. The molecule has 32 heavy (non-hydrogen) atoms. The molecule has 0 heterocycles. The Morgan fingerprint density at radius 1 is 0.812 bits per heavy atom. The first kappa shape index (κ1) is 23.0. The van der Waals surface area contributed by atoms with Gasteiger partial charge < -0.3 is 16.0 Å². The quantitative estimate of drug-likeness (QED) is 0.478. The summed E-state index contributed by atoms with van der Waals surface area (Å²) < 4.78 is 0. The normalized spacial score (nSPS) is 10.3. The number of amides is 3. The molecule has 3 aromatic carbocycles. The maximum absolute atomic E-state index is 12.7. The zero-order valence-corrected chi connectivity index (χ0v) is 18.4. The van der Waals surface area contributed by atoms with Gasteiger partial charge in [0.25, 0.3) is 5.91 Å². The van der Waals surface area contributed by atoms with Crippen molar-refractivity contribution in [3.05, 3.63) is 100 Å². The van der Waals surface area contributed by atoms with Crippen LogP contribution in [0.3, 0.4) is 0 Å². The summed E-state index contributed by atoms with van der Waals surface area (Å²) >= 11 is 5.86. The summed E-state index contributed by atoms with van der Waals surface area (Å²) in [6, 6.07) is 21.7. The molecule has 0 atom stereocenters. The largest absolute Gasteiger partial charge is 0.348 e. The van der Waals surface area contributed by atoms with Crippen LogP contribution in [0.4, 0.5) is 5.69 Å². The van der Waals surface area contributed by atoms with Crippen LogP contribution >= 0.6 is 11.6 Å². The third-order valence-electron chi connectivity index (χ3n) is 4.77. The second-order valence-corrected chi connectivity index (χ2v) is 7.74. The Balaban J connectivity index is 1.54. The van der Waals surface area contributed by atoms with Crippen LogP contribution in [-0.2, 0) is 22.6 Å². The second-order valence-electron chi connectivity index (χ2n) is 7.30. The van der Waals surface area contributed by atoms with E-state index in [0.717, 1.165) is 16.7 Å². The topological polar surface area (TPSA) is 87.3 Å². The van der Waals surface area contributed by atoms with Gasteiger partial charge in [0.1, 0.15) is 0 Å². The van der Waals surface area contributed by atoms with Gasteiger partial charge in [0, 0.05) is 18.1 Å². The maximum atomic E-state index is 12.7. The number of rotatable bonds is 7. The van der Waals surface area contributed by atoms with Crippen molar-refractivity contribution in [2.75, 3.05) is 11.9 Å². The number of benzene rings is 3. The number of aryl methyl sites for hydroxylation is 1. The Kier molecular flexibility index (Phi) is 8.00. The highest BCUT2D eigenvalue weighted by molar-refractivity contribution is 6.40. The molecular weight excluding hydrogens is 426 g/mol. The number of nitrogens with one attached hydrogen (secondary N) is 3. The predicted octanol–water partition coefficient (Wildman–Crippen LogP) is 3.88. The molecule has 3 rings (SSSR count). The monoisotopic (exact) mass is 449 g/mol. The Hall–Kier alpha value is -3.64. The van der Waals surface area contributed by atoms with E-state index < -0.39 is 11.8 Å². The van der Waals surface area contributed by atoms with Gasteiger partial charge in [0.15, 0.2) is 0 Å². The van der Waals surface area contributed by atoms with Crippen molar-refractivity contribution in [2.45, 2.75) is 19.9 Å². The van der Waals surface area contributed by atoms with Crippen molar-refractivity contribution < 1.29 is 14.4 Å². The molecule has 164 valence electrons. The van der Waals surface area contributed by atoms with Crippen molar-refractivity contribution in [2.24, 2.45) is 0 Å². The first-order valence-electron chi connectivity index (χ1n) is 10.2. The van der Waals surface area contributed by atoms with Crippen molar-refractivity contribution in [3.8, 4) is 0 Å². The van der Waals surface area contributed by atoms with E-state index in [2.05, 4.69) is 16.0 Å². The van der Waals surface area contributed by atoms with Crippen LogP contribution < -0.4 is 16.0 Å². The van der Waals surface area contributed by atoms with Gasteiger partial charge in [-0.15, -0.1) is 0 Å². The van der Waals surface area contributed by atoms with E-state index in [1.807, 2.05) is 43.3 Å². The van der Waals surface area contributed by atoms with E-state index in [1.54, 1.807) is 36.4 Å². The lowest BCUT2D eigenvalue weighted by atomic mass is 10.1. The number of para-hydroxylation sites is 1. The number of hydrogen-bond donors (Lipinski definition) is 3. The Morgan fingerprint density at radius 2 is 1.56 bits per heavy atom. The number of anilines is 1. The molecule has 0 aliphatic rings. The van der Waals surface area contributed by atoms with Crippen LogP contribution in [0.5, 0.6) is 0 Å². The van der Waals surface area contributed by atoms with Crippen molar-refractivity contribution >= 4 is 35.0 Å². The van der Waals surface area contributed by atoms with Crippen LogP contribution in [0.15, 0.2) is 72.8 Å². The summed E-state index contributed by atoms with van der Waals surface area (Å²) in [5.41, 5.74) is 3.62. The molecule has 3 N–H and O–H groups in total. The Morgan fingerprint density at radius 3 is 2.31 bits per heavy atom. The second kappa shape index (κ2) is 11.1. The molecule has 0 fully saturated rings. The molecule has 6 nitrogen and oxygen atoms in total. The van der Waals surface area contributed by atoms with Gasteiger partial charge in [-0.1, -0.05) is 65.7 Å². The van der Waals surface area contributed by atoms with Gasteiger partial charge >= 0.3 is 11.8 Å². The van der Waals surface area contributed by atoms with Crippen molar-refractivity contribution in [3.63, 3.8) is 0 Å². The van der Waals surface area contributed by atoms with E-state index in [1.165, 1.54) is 0 Å². The van der Waals surface area contributed by atoms with E-state index in [9.17, 15) is 14.4 Å². The molecular formula is C25H24ClN3O3. The highest BCUT2D eigenvalue weighted by atomic mass is 35.5. The summed E-state index contributed by atoms with van der Waals surface area (Å²) in [6.45, 7) is 2.64. The summed E-state index contributed by atoms with van der Waals surface area (Å²) in [6.07, 6.45) is 0.564. The molecule has 0 spiro atoms. The van der Waals surface area contributed by atoms with Gasteiger partial charge in [-0.05, 0) is 48.7 Å². The summed E-state index contributed by atoms with van der Waals surface area (Å²) in [7, 11) is 0. The molecule has 0 aromatic heterocycles. The van der Waals surface area contributed by atoms with E-state index in [4.69, 9.17) is 11.6 Å². The molecule has 0 saturated carbocycles. The lowest BCUT2D eigenvalue weighted by Gasteiger charge is -2.12. The standard InChI is InChI=1S/C25H24ClN3O3/c1-17-5-4-6-19(15-17)16-28-23(30)21-7-2-3-8-22(21)29-25(32)24(31)27-14-13-18-9-11-20(26)12-10-18/h2-12,15H,13-14,16H2,1H3,(H,27,31)(H,28,30)(H,29,32). The summed E-state index contributed by atoms with van der Waals surface area (Å²) in [4.78, 5) is 37.1. The molecule has 0 radical (unpaired) electrons. The summed E-state index contributed by atoms with van der Waals surface area (Å²) in [5, 5.41) is 8.59. The third-order valence-corrected chi connectivity index (χ3v) is 5.03. The number of halogens is 1. The highest BCUT2D eigenvalue weighted by Crippen LogP contribution is 2.15. The number of carbonyl (C=O) groups excluding carboxylic acids is 3. The highest BCUT2D eigenvalue weighted by Gasteiger charge is 2.17. The fourth-order valence-electron chi connectivity index (χ4n) is 3.12. The average Bonchev–Trinajstić information content (AvgIpc) is 2.79. The summed E-state index contributed by atoms with van der Waals surface area (Å²) in [5.74, 6) is -1.94. The fourth-order valence-corrected chi connectivity index (χ4v) is 3.25. The predicted molar refractivity (Wildman–Crippen MR) is 126 cm³/mol. The maximum Gasteiger partial charge on any atom is 0.313 e. The zero-order chi connectivity index (χ0) is 22.9. The van der Waals surface area contributed by atoms with Crippen LogP contribution in [0, 0.1) is 6.92 Å². The molecule has 3 amide bonds. The molecule has 0 unspecified atom stereocenters. The van der Waals surface area contributed by atoms with E-state index in [-0.39, 0.29) is 17.2 Å². The molecule has 0 aliphatic heterocycles. The SMILES string of the molecule is Cc1cccc(CNC(=O)c2ccccc2NC(=O)C(=O)NCCc2ccc(Cl)cc2)c1. The molecule has 0 aliphatic carbocycles. The van der Waals surface area contributed by atoms with Crippen LogP contribution in [0.2, 0.25) is 5.02 Å². The van der Waals surface area contributed by atoms with Crippen LogP contribution in [-0.4, -0.2) is 24.3 Å². The zero-order valence-electron chi connectivity index (χ0n) is 17.7. The lowest BCUT2D eigenvalue weighted by molar-refractivity contribution is -0.136. The van der Waals surface area contributed by atoms with Crippen LogP contribution in [0.1, 0.15) is 27.0 Å². The first-order chi connectivity index (χ1) is 15.4. The average molecular weight is 450 g/mol. The van der Waals surface area contributed by atoms with Gasteiger partial charge in [-0.2, -0.15) is 0 Å². The molecule has 3 aromatic rings. The van der Waals surface area contributed by atoms with Gasteiger partial charge in [-0.3, -0.25) is 14.4 Å². The van der Waals surface area contributed by atoms with E-state index >= 15 is 0 Å². The molecule has 0 bridgehead atoms. The van der Waals surface area contributed by atoms with Gasteiger partial charge in [0.05, 0.1) is 11.3 Å².